The molecule has 0 fully saturated rings. The van der Waals surface area contributed by atoms with Crippen molar-refractivity contribution in [1.82, 2.24) is 0 Å². The van der Waals surface area contributed by atoms with Gasteiger partial charge in [0.15, 0.2) is 11.5 Å². The molecule has 168 valence electrons. The van der Waals surface area contributed by atoms with E-state index in [0.717, 1.165) is 27.9 Å². The average Bonchev–Trinajstić information content (AvgIpc) is 3.11. The predicted molar refractivity (Wildman–Crippen MR) is 127 cm³/mol. The molecule has 0 radical (unpaired) electrons. The van der Waals surface area contributed by atoms with Crippen molar-refractivity contribution in [3.8, 4) is 11.5 Å². The van der Waals surface area contributed by atoms with Gasteiger partial charge in [-0.25, -0.2) is 13.6 Å². The zero-order chi connectivity index (χ0) is 23.0. The molecule has 0 bridgehead atoms. The number of fused-ring (bicyclic) bond motifs is 2. The van der Waals surface area contributed by atoms with Crippen LogP contribution in [0.25, 0.3) is 17.0 Å². The van der Waals surface area contributed by atoms with Gasteiger partial charge >= 0.3 is 0 Å². The third-order valence-electron chi connectivity index (χ3n) is 5.86. The van der Waals surface area contributed by atoms with Gasteiger partial charge in [0.25, 0.3) is 0 Å². The highest BCUT2D eigenvalue weighted by molar-refractivity contribution is 7.89. The number of ether oxygens (including phenoxy) is 2. The lowest BCUT2D eigenvalue weighted by Gasteiger charge is -2.26. The van der Waals surface area contributed by atoms with Crippen molar-refractivity contribution in [2.24, 2.45) is 5.14 Å². The lowest BCUT2D eigenvalue weighted by molar-refractivity contribution is 0.165. The van der Waals surface area contributed by atoms with E-state index in [1.54, 1.807) is 6.07 Å². The fourth-order valence-corrected chi connectivity index (χ4v) is 4.82. The lowest BCUT2D eigenvalue weighted by atomic mass is 9.86. The first-order valence-corrected chi connectivity index (χ1v) is 12.1. The van der Waals surface area contributed by atoms with Gasteiger partial charge in [0.1, 0.15) is 17.4 Å². The second kappa shape index (κ2) is 8.42. The molecule has 5 rings (SSSR count). The minimum atomic E-state index is -3.85. The Hall–Kier alpha value is -3.55. The quantitative estimate of drug-likeness (QED) is 0.447. The van der Waals surface area contributed by atoms with Crippen LogP contribution in [0.4, 0.5) is 0 Å². The molecule has 1 aliphatic rings. The first-order valence-electron chi connectivity index (χ1n) is 10.6. The van der Waals surface area contributed by atoms with Crippen molar-refractivity contribution in [2.45, 2.75) is 23.3 Å². The van der Waals surface area contributed by atoms with E-state index in [4.69, 9.17) is 19.0 Å². The number of rotatable bonds is 5. The van der Waals surface area contributed by atoms with E-state index in [0.29, 0.717) is 24.5 Å². The van der Waals surface area contributed by atoms with Gasteiger partial charge in [0, 0.05) is 17.9 Å². The minimum Gasteiger partial charge on any atom is -0.490 e. The first-order chi connectivity index (χ1) is 15.9. The number of primary sulfonamides is 1. The van der Waals surface area contributed by atoms with Crippen LogP contribution in [0.1, 0.15) is 29.2 Å². The number of hydrogen-bond acceptors (Lipinski definition) is 5. The van der Waals surface area contributed by atoms with Crippen molar-refractivity contribution >= 4 is 27.1 Å². The van der Waals surface area contributed by atoms with Gasteiger partial charge in [0.05, 0.1) is 17.4 Å². The molecule has 0 spiro atoms. The number of hydrogen-bond donors (Lipinski definition) is 1. The maximum absolute atomic E-state index is 11.8. The van der Waals surface area contributed by atoms with Crippen LogP contribution in [0.5, 0.6) is 11.5 Å². The minimum absolute atomic E-state index is 0.0193. The molecule has 2 heterocycles. The molecule has 1 unspecified atom stereocenters. The summed E-state index contributed by atoms with van der Waals surface area (Å²) >= 11 is 0. The SMILES string of the molecule is C=Cc1ccccc1[C@@H](c1cc2ccccc2o1)C1CCOc2cc(S(N)(=O)=O)ccc2O1. The number of para-hydroxylation sites is 1. The van der Waals surface area contributed by atoms with Gasteiger partial charge in [0.2, 0.25) is 10.0 Å². The molecule has 2 N–H and O–H groups in total. The van der Waals surface area contributed by atoms with Crippen LogP contribution in [0.15, 0.2) is 88.7 Å². The summed E-state index contributed by atoms with van der Waals surface area (Å²) in [6.07, 6.45) is 2.06. The number of benzene rings is 3. The van der Waals surface area contributed by atoms with E-state index >= 15 is 0 Å². The molecule has 33 heavy (non-hydrogen) atoms. The van der Waals surface area contributed by atoms with Crippen LogP contribution in [0.3, 0.4) is 0 Å². The molecule has 1 aromatic heterocycles. The Morgan fingerprint density at radius 1 is 1.00 bits per heavy atom. The van der Waals surface area contributed by atoms with Gasteiger partial charge in [-0.1, -0.05) is 55.1 Å². The summed E-state index contributed by atoms with van der Waals surface area (Å²) in [6.45, 7) is 4.32. The maximum Gasteiger partial charge on any atom is 0.238 e. The van der Waals surface area contributed by atoms with Crippen molar-refractivity contribution in [2.75, 3.05) is 6.61 Å². The van der Waals surface area contributed by atoms with E-state index in [2.05, 4.69) is 12.6 Å². The molecular weight excluding hydrogens is 438 g/mol. The second-order valence-electron chi connectivity index (χ2n) is 7.94. The third kappa shape index (κ3) is 4.13. The summed E-state index contributed by atoms with van der Waals surface area (Å²) in [5.74, 6) is 1.35. The molecule has 7 heteroatoms. The van der Waals surface area contributed by atoms with Crippen molar-refractivity contribution < 1.29 is 22.3 Å². The van der Waals surface area contributed by atoms with Crippen LogP contribution in [0, 0.1) is 0 Å². The largest absolute Gasteiger partial charge is 0.490 e. The highest BCUT2D eigenvalue weighted by Crippen LogP contribution is 2.41. The monoisotopic (exact) mass is 461 g/mol. The van der Waals surface area contributed by atoms with Crippen molar-refractivity contribution in [3.05, 3.63) is 96.3 Å². The number of furan rings is 1. The Morgan fingerprint density at radius 2 is 1.79 bits per heavy atom. The molecule has 6 nitrogen and oxygen atoms in total. The van der Waals surface area contributed by atoms with E-state index in [-0.39, 0.29) is 16.9 Å². The van der Waals surface area contributed by atoms with E-state index in [1.165, 1.54) is 12.1 Å². The fraction of sp³-hybridized carbons (Fsp3) is 0.154. The first kappa shape index (κ1) is 21.3. The third-order valence-corrected chi connectivity index (χ3v) is 6.77. The Kier molecular flexibility index (Phi) is 5.44. The van der Waals surface area contributed by atoms with Crippen molar-refractivity contribution in [1.29, 1.82) is 0 Å². The topological polar surface area (TPSA) is 91.8 Å². The molecule has 0 aliphatic carbocycles. The average molecular weight is 462 g/mol. The smallest absolute Gasteiger partial charge is 0.238 e. The van der Waals surface area contributed by atoms with Crippen molar-refractivity contribution in [3.63, 3.8) is 0 Å². The highest BCUT2D eigenvalue weighted by Gasteiger charge is 2.33. The molecular formula is C26H23NO5S. The Bertz CT molecular complexity index is 1410. The summed E-state index contributed by atoms with van der Waals surface area (Å²) < 4.78 is 42.1. The maximum atomic E-state index is 11.8. The molecule has 0 amide bonds. The molecule has 0 saturated carbocycles. The van der Waals surface area contributed by atoms with Gasteiger partial charge in [-0.15, -0.1) is 0 Å². The molecule has 1 aliphatic heterocycles. The summed E-state index contributed by atoms with van der Waals surface area (Å²) in [4.78, 5) is -0.0193. The van der Waals surface area contributed by atoms with Gasteiger partial charge in [-0.3, -0.25) is 0 Å². The Morgan fingerprint density at radius 3 is 2.58 bits per heavy atom. The molecule has 2 atom stereocenters. The fourth-order valence-electron chi connectivity index (χ4n) is 4.29. The van der Waals surface area contributed by atoms with Crippen LogP contribution in [-0.4, -0.2) is 21.1 Å². The number of sulfonamides is 1. The van der Waals surface area contributed by atoms with Crippen LogP contribution >= 0.6 is 0 Å². The summed E-state index contributed by atoms with van der Waals surface area (Å²) in [5.41, 5.74) is 2.82. The normalized spacial score (nSPS) is 16.8. The van der Waals surface area contributed by atoms with Gasteiger partial charge < -0.3 is 13.9 Å². The summed E-state index contributed by atoms with van der Waals surface area (Å²) in [7, 11) is -3.85. The molecule has 0 saturated heterocycles. The Labute approximate surface area is 192 Å². The van der Waals surface area contributed by atoms with E-state index in [1.807, 2.05) is 54.6 Å². The summed E-state index contributed by atoms with van der Waals surface area (Å²) in [5, 5.41) is 6.29. The Balaban J connectivity index is 1.61. The highest BCUT2D eigenvalue weighted by atomic mass is 32.2. The van der Waals surface area contributed by atoms with Gasteiger partial charge in [-0.2, -0.15) is 0 Å². The molecule has 4 aromatic rings. The van der Waals surface area contributed by atoms with Crippen LogP contribution in [-0.2, 0) is 10.0 Å². The second-order valence-corrected chi connectivity index (χ2v) is 9.51. The standard InChI is InChI=1S/C26H23NO5S/c1-2-17-7-3-5-9-20(17)26(25-15-18-8-4-6-10-21(18)31-25)23-13-14-30-24-16-19(33(27,28)29)11-12-22(24)32-23/h2-12,15-16,23,26H,1,13-14H2,(H2,27,28,29)/t23?,26-/m1/s1. The van der Waals surface area contributed by atoms with Crippen LogP contribution in [0.2, 0.25) is 0 Å². The molecule has 3 aromatic carbocycles. The lowest BCUT2D eigenvalue weighted by Crippen LogP contribution is -2.27. The number of nitrogens with two attached hydrogens (primary N) is 1. The van der Waals surface area contributed by atoms with Gasteiger partial charge in [-0.05, 0) is 35.4 Å². The van der Waals surface area contributed by atoms with E-state index in [9.17, 15) is 8.42 Å². The summed E-state index contributed by atoms with van der Waals surface area (Å²) in [6, 6.07) is 22.3. The predicted octanol–water partition coefficient (Wildman–Crippen LogP) is 5.09. The van der Waals surface area contributed by atoms with E-state index < -0.39 is 10.0 Å². The zero-order valence-corrected chi connectivity index (χ0v) is 18.6. The van der Waals surface area contributed by atoms with Crippen LogP contribution < -0.4 is 14.6 Å². The zero-order valence-electron chi connectivity index (χ0n) is 17.8.